The molecule has 2 aromatic rings. The number of ether oxygens (including phenoxy) is 2. The van der Waals surface area contributed by atoms with Crippen LogP contribution < -0.4 is 20.1 Å². The quantitative estimate of drug-likeness (QED) is 0.395. The van der Waals surface area contributed by atoms with E-state index in [1.54, 1.807) is 13.1 Å². The van der Waals surface area contributed by atoms with Crippen LogP contribution in [0, 0.1) is 0 Å². The predicted octanol–water partition coefficient (Wildman–Crippen LogP) is 2.61. The molecule has 0 aliphatic heterocycles. The number of amides is 1. The number of guanidine groups is 1. The molecule has 0 heterocycles. The minimum atomic E-state index is -0.109. The molecule has 0 radical (unpaired) electrons. The second kappa shape index (κ2) is 11.5. The molecule has 0 bridgehead atoms. The maximum absolute atomic E-state index is 11.1. The number of carbonyl (C=O) groups excluding carboxylic acids is 1. The van der Waals surface area contributed by atoms with E-state index >= 15 is 0 Å². The highest BCUT2D eigenvalue weighted by Crippen LogP contribution is 2.17. The van der Waals surface area contributed by atoms with Crippen LogP contribution in [0.1, 0.15) is 6.92 Å². The van der Waals surface area contributed by atoms with Crippen molar-refractivity contribution < 1.29 is 14.3 Å². The van der Waals surface area contributed by atoms with Gasteiger partial charge in [-0.15, -0.1) is 0 Å². The van der Waals surface area contributed by atoms with Crippen LogP contribution >= 0.6 is 0 Å². The molecule has 2 N–H and O–H groups in total. The number of aliphatic imine (C=N–C) groups is 1. The number of para-hydroxylation sites is 1. The monoisotopic (exact) mass is 384 g/mol. The molecule has 2 rings (SSSR count). The molecule has 2 aromatic carbocycles. The molecule has 0 saturated carbocycles. The van der Waals surface area contributed by atoms with E-state index in [9.17, 15) is 4.79 Å². The molecule has 0 aromatic heterocycles. The summed E-state index contributed by atoms with van der Waals surface area (Å²) in [5, 5.41) is 6.00. The molecule has 7 nitrogen and oxygen atoms in total. The lowest BCUT2D eigenvalue weighted by Crippen LogP contribution is -2.42. The summed E-state index contributed by atoms with van der Waals surface area (Å²) in [6.45, 7) is 3.81. The Kier molecular flexibility index (Phi) is 8.65. The van der Waals surface area contributed by atoms with Gasteiger partial charge < -0.3 is 25.0 Å². The van der Waals surface area contributed by atoms with E-state index in [2.05, 4.69) is 15.6 Å². The Morgan fingerprint density at radius 3 is 2.46 bits per heavy atom. The number of benzene rings is 2. The van der Waals surface area contributed by atoms with Crippen LogP contribution in [0.5, 0.6) is 11.5 Å². The fraction of sp³-hybridized carbons (Fsp3) is 0.333. The average Bonchev–Trinajstić information content (AvgIpc) is 2.68. The number of carbonyl (C=O) groups is 1. The van der Waals surface area contributed by atoms with Gasteiger partial charge in [0.15, 0.2) is 5.96 Å². The first kappa shape index (κ1) is 21.1. The Balaban J connectivity index is 1.69. The zero-order valence-corrected chi connectivity index (χ0v) is 16.6. The second-order valence-corrected chi connectivity index (χ2v) is 6.11. The van der Waals surface area contributed by atoms with Gasteiger partial charge in [0.05, 0.1) is 13.1 Å². The fourth-order valence-electron chi connectivity index (χ4n) is 2.51. The van der Waals surface area contributed by atoms with Crippen LogP contribution in [-0.2, 0) is 4.79 Å². The molecule has 150 valence electrons. The number of hydrogen-bond acceptors (Lipinski definition) is 4. The first-order valence-electron chi connectivity index (χ1n) is 9.18. The first-order valence-corrected chi connectivity index (χ1v) is 9.18. The van der Waals surface area contributed by atoms with Gasteiger partial charge in [0.25, 0.3) is 0 Å². The Morgan fingerprint density at radius 1 is 1.04 bits per heavy atom. The lowest BCUT2D eigenvalue weighted by molar-refractivity contribution is -0.114. The molecule has 0 saturated heterocycles. The van der Waals surface area contributed by atoms with Gasteiger partial charge in [-0.3, -0.25) is 9.79 Å². The first-order chi connectivity index (χ1) is 13.6. The van der Waals surface area contributed by atoms with Crippen molar-refractivity contribution in [1.29, 1.82) is 0 Å². The van der Waals surface area contributed by atoms with Crippen molar-refractivity contribution in [3.05, 3.63) is 54.6 Å². The maximum Gasteiger partial charge on any atom is 0.221 e. The predicted molar refractivity (Wildman–Crippen MR) is 112 cm³/mol. The standard InChI is InChI=1S/C21H28N4O3/c1-17(26)24-18-8-7-11-20(16-18)27-14-12-23-21(22-2)25(3)13-15-28-19-9-5-4-6-10-19/h4-11,16H,12-15H2,1-3H3,(H,22,23)(H,24,26). The maximum atomic E-state index is 11.1. The fourth-order valence-corrected chi connectivity index (χ4v) is 2.51. The van der Waals surface area contributed by atoms with E-state index in [1.807, 2.05) is 60.5 Å². The summed E-state index contributed by atoms with van der Waals surface area (Å²) in [4.78, 5) is 17.4. The van der Waals surface area contributed by atoms with E-state index in [-0.39, 0.29) is 5.91 Å². The molecule has 0 spiro atoms. The van der Waals surface area contributed by atoms with Gasteiger partial charge in [-0.2, -0.15) is 0 Å². The lowest BCUT2D eigenvalue weighted by Gasteiger charge is -2.22. The third-order valence-electron chi connectivity index (χ3n) is 3.82. The van der Waals surface area contributed by atoms with E-state index in [1.165, 1.54) is 6.92 Å². The number of hydrogen-bond donors (Lipinski definition) is 2. The van der Waals surface area contributed by atoms with Crippen LogP contribution in [0.3, 0.4) is 0 Å². The molecular weight excluding hydrogens is 356 g/mol. The number of rotatable bonds is 9. The molecule has 0 aliphatic carbocycles. The summed E-state index contributed by atoms with van der Waals surface area (Å²) in [6.07, 6.45) is 0. The Labute approximate surface area is 166 Å². The van der Waals surface area contributed by atoms with Crippen molar-refractivity contribution >= 4 is 17.6 Å². The molecule has 28 heavy (non-hydrogen) atoms. The third kappa shape index (κ3) is 7.57. The number of nitrogens with zero attached hydrogens (tertiary/aromatic N) is 2. The van der Waals surface area contributed by atoms with Crippen molar-refractivity contribution in [3.8, 4) is 11.5 Å². The largest absolute Gasteiger partial charge is 0.492 e. The Hall–Kier alpha value is -3.22. The average molecular weight is 384 g/mol. The SMILES string of the molecule is CN=C(NCCOc1cccc(NC(C)=O)c1)N(C)CCOc1ccccc1. The molecular formula is C21H28N4O3. The highest BCUT2D eigenvalue weighted by atomic mass is 16.5. The van der Waals surface area contributed by atoms with Crippen molar-refractivity contribution in [2.75, 3.05) is 45.7 Å². The summed E-state index contributed by atoms with van der Waals surface area (Å²) in [6, 6.07) is 17.0. The minimum absolute atomic E-state index is 0.109. The number of likely N-dealkylation sites (N-methyl/N-ethyl adjacent to an activating group) is 1. The molecule has 0 aliphatic rings. The van der Waals surface area contributed by atoms with Crippen LogP contribution in [0.25, 0.3) is 0 Å². The number of nitrogens with one attached hydrogen (secondary N) is 2. The highest BCUT2D eigenvalue weighted by molar-refractivity contribution is 5.88. The summed E-state index contributed by atoms with van der Waals surface area (Å²) in [5.41, 5.74) is 0.715. The lowest BCUT2D eigenvalue weighted by atomic mass is 10.3. The zero-order valence-electron chi connectivity index (χ0n) is 16.6. The smallest absolute Gasteiger partial charge is 0.221 e. The second-order valence-electron chi connectivity index (χ2n) is 6.11. The van der Waals surface area contributed by atoms with Gasteiger partial charge in [0.1, 0.15) is 24.7 Å². The van der Waals surface area contributed by atoms with Gasteiger partial charge in [0.2, 0.25) is 5.91 Å². The van der Waals surface area contributed by atoms with Crippen molar-refractivity contribution in [2.45, 2.75) is 6.92 Å². The van der Waals surface area contributed by atoms with Crippen LogP contribution in [-0.4, -0.2) is 57.2 Å². The summed E-state index contributed by atoms with van der Waals surface area (Å²) < 4.78 is 11.4. The van der Waals surface area contributed by atoms with E-state index in [0.717, 1.165) is 11.7 Å². The summed E-state index contributed by atoms with van der Waals surface area (Å²) >= 11 is 0. The van der Waals surface area contributed by atoms with Gasteiger partial charge in [-0.1, -0.05) is 24.3 Å². The molecule has 1 amide bonds. The highest BCUT2D eigenvalue weighted by Gasteiger charge is 2.06. The zero-order chi connectivity index (χ0) is 20.2. The van der Waals surface area contributed by atoms with E-state index in [4.69, 9.17) is 9.47 Å². The van der Waals surface area contributed by atoms with Crippen LogP contribution in [0.4, 0.5) is 5.69 Å². The summed E-state index contributed by atoms with van der Waals surface area (Å²) in [7, 11) is 3.70. The van der Waals surface area contributed by atoms with Gasteiger partial charge >= 0.3 is 0 Å². The molecule has 7 heteroatoms. The molecule has 0 fully saturated rings. The number of anilines is 1. The normalized spacial score (nSPS) is 10.9. The van der Waals surface area contributed by atoms with E-state index < -0.39 is 0 Å². The minimum Gasteiger partial charge on any atom is -0.492 e. The van der Waals surface area contributed by atoms with Gasteiger partial charge in [-0.25, -0.2) is 0 Å². The topological polar surface area (TPSA) is 75.2 Å². The van der Waals surface area contributed by atoms with E-state index in [0.29, 0.717) is 37.7 Å². The van der Waals surface area contributed by atoms with Gasteiger partial charge in [-0.05, 0) is 24.3 Å². The van der Waals surface area contributed by atoms with Crippen LogP contribution in [0.15, 0.2) is 59.6 Å². The van der Waals surface area contributed by atoms with Crippen molar-refractivity contribution in [2.24, 2.45) is 4.99 Å². The Bertz CT molecular complexity index is 765. The molecule has 0 atom stereocenters. The summed E-state index contributed by atoms with van der Waals surface area (Å²) in [5.74, 6) is 2.22. The van der Waals surface area contributed by atoms with Crippen molar-refractivity contribution in [3.63, 3.8) is 0 Å². The van der Waals surface area contributed by atoms with Crippen LogP contribution in [0.2, 0.25) is 0 Å². The van der Waals surface area contributed by atoms with Crippen molar-refractivity contribution in [1.82, 2.24) is 10.2 Å². The third-order valence-corrected chi connectivity index (χ3v) is 3.82. The molecule has 0 unspecified atom stereocenters. The van der Waals surface area contributed by atoms with Gasteiger partial charge in [0, 0.05) is 32.8 Å². The Morgan fingerprint density at radius 2 is 1.75 bits per heavy atom.